The Hall–Kier alpha value is -4.57. The Kier molecular flexibility index (Phi) is 5.94. The molecule has 4 N–H and O–H groups in total. The van der Waals surface area contributed by atoms with Gasteiger partial charge in [0.1, 0.15) is 0 Å². The quantitative estimate of drug-likeness (QED) is 0.137. The SMILES string of the molecule is C/C=C\C(=C/C)n1c2ccccc2c2ccc(Nc3ccc(-c4ccccc4N)cc3)c(C=N)c21. The fourth-order valence-electron chi connectivity index (χ4n) is 4.73. The summed E-state index contributed by atoms with van der Waals surface area (Å²) in [6.07, 6.45) is 7.70. The lowest BCUT2D eigenvalue weighted by molar-refractivity contribution is 1.23. The predicted molar refractivity (Wildman–Crippen MR) is 152 cm³/mol. The molecule has 0 saturated heterocycles. The van der Waals surface area contributed by atoms with Crippen LogP contribution in [0.1, 0.15) is 19.4 Å². The Bertz CT molecular complexity index is 1600. The number of nitrogens with two attached hydrogens (primary N) is 1. The highest BCUT2D eigenvalue weighted by molar-refractivity contribution is 6.17. The third kappa shape index (κ3) is 3.89. The van der Waals surface area contributed by atoms with Crippen LogP contribution in [0.5, 0.6) is 0 Å². The number of aromatic nitrogens is 1. The van der Waals surface area contributed by atoms with Crippen molar-refractivity contribution < 1.29 is 0 Å². The standard InChI is InChI=1S/C31H28N4/c1-3-9-23(4-2)35-30-13-8-6-11-25(30)26-18-19-29(27(20-32)31(26)35)34-22-16-14-21(15-17-22)24-10-5-7-12-28(24)33/h3-20,32,34H,33H2,1-2H3/b9-3-,23-4+,32-20?. The number of hydrogen-bond acceptors (Lipinski definition) is 3. The molecule has 0 spiro atoms. The van der Waals surface area contributed by atoms with Gasteiger partial charge >= 0.3 is 0 Å². The van der Waals surface area contributed by atoms with Crippen molar-refractivity contribution in [1.29, 1.82) is 5.41 Å². The van der Waals surface area contributed by atoms with E-state index in [9.17, 15) is 0 Å². The van der Waals surface area contributed by atoms with E-state index in [1.807, 2.05) is 56.3 Å². The monoisotopic (exact) mass is 456 g/mol. The predicted octanol–water partition coefficient (Wildman–Crippen LogP) is 8.22. The fraction of sp³-hybridized carbons (Fsp3) is 0.0645. The second kappa shape index (κ2) is 9.35. The average Bonchev–Trinajstić information content (AvgIpc) is 3.22. The van der Waals surface area contributed by atoms with Gasteiger partial charge < -0.3 is 21.0 Å². The van der Waals surface area contributed by atoms with E-state index in [0.29, 0.717) is 0 Å². The summed E-state index contributed by atoms with van der Waals surface area (Å²) in [5.74, 6) is 0. The Labute approximate surface area is 205 Å². The van der Waals surface area contributed by atoms with Crippen LogP contribution in [0.2, 0.25) is 0 Å². The van der Waals surface area contributed by atoms with Gasteiger partial charge in [-0.1, -0.05) is 66.7 Å². The van der Waals surface area contributed by atoms with Gasteiger partial charge in [-0.2, -0.15) is 0 Å². The van der Waals surface area contributed by atoms with Gasteiger partial charge in [0.05, 0.1) is 11.0 Å². The minimum atomic E-state index is 0.762. The van der Waals surface area contributed by atoms with E-state index in [4.69, 9.17) is 11.1 Å². The number of para-hydroxylation sites is 2. The lowest BCUT2D eigenvalue weighted by Gasteiger charge is -2.15. The summed E-state index contributed by atoms with van der Waals surface area (Å²) < 4.78 is 2.25. The van der Waals surface area contributed by atoms with Crippen LogP contribution < -0.4 is 11.1 Å². The van der Waals surface area contributed by atoms with Crippen molar-refractivity contribution in [3.8, 4) is 11.1 Å². The fourth-order valence-corrected chi connectivity index (χ4v) is 4.73. The number of hydrogen-bond donors (Lipinski definition) is 3. The molecule has 4 aromatic carbocycles. The highest BCUT2D eigenvalue weighted by Gasteiger charge is 2.17. The van der Waals surface area contributed by atoms with Crippen molar-refractivity contribution in [2.45, 2.75) is 13.8 Å². The van der Waals surface area contributed by atoms with E-state index in [0.717, 1.165) is 55.9 Å². The van der Waals surface area contributed by atoms with Crippen molar-refractivity contribution in [3.05, 3.63) is 109 Å². The molecule has 0 fully saturated rings. The van der Waals surface area contributed by atoms with E-state index in [1.54, 1.807) is 0 Å². The second-order valence-electron chi connectivity index (χ2n) is 8.42. The number of fused-ring (bicyclic) bond motifs is 3. The first-order chi connectivity index (χ1) is 17.2. The lowest BCUT2D eigenvalue weighted by Crippen LogP contribution is -2.01. The van der Waals surface area contributed by atoms with Crippen LogP contribution in [-0.4, -0.2) is 10.8 Å². The smallest absolute Gasteiger partial charge is 0.0649 e. The molecule has 1 heterocycles. The molecule has 0 unspecified atom stereocenters. The minimum Gasteiger partial charge on any atom is -0.398 e. The molecule has 0 radical (unpaired) electrons. The van der Waals surface area contributed by atoms with Crippen molar-refractivity contribution in [1.82, 2.24) is 4.57 Å². The van der Waals surface area contributed by atoms with Gasteiger partial charge in [0, 0.05) is 50.9 Å². The molecule has 0 saturated carbocycles. The molecule has 4 nitrogen and oxygen atoms in total. The zero-order valence-corrected chi connectivity index (χ0v) is 19.9. The number of rotatable bonds is 6. The summed E-state index contributed by atoms with van der Waals surface area (Å²) in [5.41, 5.74) is 14.9. The summed E-state index contributed by atoms with van der Waals surface area (Å²) in [5, 5.41) is 14.2. The van der Waals surface area contributed by atoms with Crippen molar-refractivity contribution in [3.63, 3.8) is 0 Å². The zero-order valence-electron chi connectivity index (χ0n) is 19.9. The van der Waals surface area contributed by atoms with Crippen molar-refractivity contribution in [2.75, 3.05) is 11.1 Å². The van der Waals surface area contributed by atoms with Gasteiger partial charge in [-0.15, -0.1) is 0 Å². The maximum absolute atomic E-state index is 8.34. The Morgan fingerprint density at radius 2 is 1.60 bits per heavy atom. The largest absolute Gasteiger partial charge is 0.398 e. The molecule has 0 amide bonds. The second-order valence-corrected chi connectivity index (χ2v) is 8.42. The van der Waals surface area contributed by atoms with Crippen LogP contribution in [0.15, 0.2) is 103 Å². The number of allylic oxidation sites excluding steroid dienone is 4. The first kappa shape index (κ1) is 22.2. The Morgan fingerprint density at radius 1 is 0.857 bits per heavy atom. The van der Waals surface area contributed by atoms with Crippen LogP contribution in [0.3, 0.4) is 0 Å². The van der Waals surface area contributed by atoms with Gasteiger partial charge in [0.2, 0.25) is 0 Å². The average molecular weight is 457 g/mol. The Balaban J connectivity index is 1.64. The lowest BCUT2D eigenvalue weighted by atomic mass is 10.0. The molecular formula is C31H28N4. The third-order valence-electron chi connectivity index (χ3n) is 6.35. The summed E-state index contributed by atoms with van der Waals surface area (Å²) in [6, 6.07) is 28.7. The molecule has 5 rings (SSSR count). The molecule has 0 aliphatic carbocycles. The highest BCUT2D eigenvalue weighted by Crippen LogP contribution is 2.37. The van der Waals surface area contributed by atoms with Crippen LogP contribution in [0.25, 0.3) is 38.6 Å². The number of anilines is 3. The van der Waals surface area contributed by atoms with E-state index < -0.39 is 0 Å². The molecule has 0 aliphatic heterocycles. The molecule has 35 heavy (non-hydrogen) atoms. The van der Waals surface area contributed by atoms with Crippen LogP contribution in [0, 0.1) is 5.41 Å². The summed E-state index contributed by atoms with van der Waals surface area (Å²) in [6.45, 7) is 4.07. The van der Waals surface area contributed by atoms with Gasteiger partial charge in [-0.25, -0.2) is 0 Å². The molecule has 0 atom stereocenters. The Morgan fingerprint density at radius 3 is 2.31 bits per heavy atom. The molecule has 4 heteroatoms. The molecule has 5 aromatic rings. The number of nitrogens with one attached hydrogen (secondary N) is 2. The van der Waals surface area contributed by atoms with Gasteiger partial charge in [-0.3, -0.25) is 0 Å². The van der Waals surface area contributed by atoms with Gasteiger partial charge in [0.25, 0.3) is 0 Å². The van der Waals surface area contributed by atoms with E-state index in [-0.39, 0.29) is 0 Å². The van der Waals surface area contributed by atoms with Gasteiger partial charge in [-0.05, 0) is 55.8 Å². The molecule has 172 valence electrons. The van der Waals surface area contributed by atoms with Crippen molar-refractivity contribution >= 4 is 50.8 Å². The minimum absolute atomic E-state index is 0.762. The maximum Gasteiger partial charge on any atom is 0.0649 e. The molecule has 1 aromatic heterocycles. The van der Waals surface area contributed by atoms with E-state index in [2.05, 4.69) is 70.6 Å². The van der Waals surface area contributed by atoms with Crippen LogP contribution in [0.4, 0.5) is 17.1 Å². The highest BCUT2D eigenvalue weighted by atomic mass is 15.0. The molecular weight excluding hydrogens is 428 g/mol. The summed E-state index contributed by atoms with van der Waals surface area (Å²) in [4.78, 5) is 0. The molecule has 0 aliphatic rings. The summed E-state index contributed by atoms with van der Waals surface area (Å²) in [7, 11) is 0. The summed E-state index contributed by atoms with van der Waals surface area (Å²) >= 11 is 0. The van der Waals surface area contributed by atoms with Crippen LogP contribution in [-0.2, 0) is 0 Å². The van der Waals surface area contributed by atoms with Crippen molar-refractivity contribution in [2.24, 2.45) is 0 Å². The topological polar surface area (TPSA) is 66.8 Å². The maximum atomic E-state index is 8.34. The third-order valence-corrected chi connectivity index (χ3v) is 6.35. The normalized spacial score (nSPS) is 12.0. The first-order valence-electron chi connectivity index (χ1n) is 11.7. The number of benzene rings is 4. The molecule has 0 bridgehead atoms. The van der Waals surface area contributed by atoms with Crippen LogP contribution >= 0.6 is 0 Å². The first-order valence-corrected chi connectivity index (χ1v) is 11.7. The number of nitrogens with zero attached hydrogens (tertiary/aromatic N) is 1. The van der Waals surface area contributed by atoms with E-state index >= 15 is 0 Å². The van der Waals surface area contributed by atoms with E-state index in [1.165, 1.54) is 11.6 Å². The van der Waals surface area contributed by atoms with Gasteiger partial charge in [0.15, 0.2) is 0 Å². The zero-order chi connectivity index (χ0) is 24.4. The number of nitrogen functional groups attached to an aromatic ring is 1.